The van der Waals surface area contributed by atoms with E-state index >= 15 is 0 Å². The fourth-order valence-electron chi connectivity index (χ4n) is 2.66. The van der Waals surface area contributed by atoms with Gasteiger partial charge < -0.3 is 15.2 Å². The summed E-state index contributed by atoms with van der Waals surface area (Å²) in [7, 11) is 1.41. The Morgan fingerprint density at radius 1 is 1.27 bits per heavy atom. The minimum atomic E-state index is -0.596. The number of aliphatic hydroxyl groups is 1. The first-order valence-corrected chi connectivity index (χ1v) is 9.59. The van der Waals surface area contributed by atoms with Crippen molar-refractivity contribution in [2.45, 2.75) is 6.92 Å². The van der Waals surface area contributed by atoms with E-state index < -0.39 is 17.6 Å². The molecule has 9 nitrogen and oxygen atoms in total. The second kappa shape index (κ2) is 9.37. The molecule has 0 bridgehead atoms. The average molecular weight is 431 g/mol. The number of nitrogens with one attached hydrogen (secondary N) is 2. The summed E-state index contributed by atoms with van der Waals surface area (Å²) >= 11 is 0.863. The van der Waals surface area contributed by atoms with E-state index in [0.29, 0.717) is 11.3 Å². The van der Waals surface area contributed by atoms with E-state index in [9.17, 15) is 14.0 Å². The Kier molecular flexibility index (Phi) is 6.65. The number of hydrogen-bond donors (Lipinski definition) is 3. The van der Waals surface area contributed by atoms with E-state index in [0.717, 1.165) is 11.3 Å². The van der Waals surface area contributed by atoms with Crippen molar-refractivity contribution in [1.82, 2.24) is 20.5 Å². The molecular weight excluding hydrogens is 413 g/mol. The number of amides is 2. The largest absolute Gasteiger partial charge is 0.496 e. The predicted octanol–water partition coefficient (Wildman–Crippen LogP) is 2.03. The second-order valence-electron chi connectivity index (χ2n) is 6.03. The highest BCUT2D eigenvalue weighted by molar-refractivity contribution is 7.17. The molecule has 0 aliphatic rings. The third-order valence-corrected chi connectivity index (χ3v) is 4.82. The van der Waals surface area contributed by atoms with Gasteiger partial charge in [0.25, 0.3) is 11.8 Å². The van der Waals surface area contributed by atoms with Crippen LogP contribution in [0.4, 0.5) is 9.52 Å². The van der Waals surface area contributed by atoms with Crippen molar-refractivity contribution in [2.24, 2.45) is 0 Å². The van der Waals surface area contributed by atoms with E-state index in [1.807, 2.05) is 0 Å². The molecule has 1 aromatic carbocycles. The van der Waals surface area contributed by atoms with Crippen LogP contribution in [0.2, 0.25) is 0 Å². The number of pyridine rings is 1. The lowest BCUT2D eigenvalue weighted by atomic mass is 9.98. The van der Waals surface area contributed by atoms with Crippen molar-refractivity contribution in [3.8, 4) is 16.9 Å². The van der Waals surface area contributed by atoms with Gasteiger partial charge >= 0.3 is 0 Å². The lowest BCUT2D eigenvalue weighted by Crippen LogP contribution is -2.26. The maximum atomic E-state index is 14.6. The number of methoxy groups -OCH3 is 1. The van der Waals surface area contributed by atoms with E-state index in [1.165, 1.54) is 25.4 Å². The Morgan fingerprint density at radius 2 is 2.07 bits per heavy atom. The Labute approximate surface area is 174 Å². The van der Waals surface area contributed by atoms with Crippen LogP contribution in [-0.2, 0) is 0 Å². The molecule has 0 unspecified atom stereocenters. The fraction of sp³-hybridized carbons (Fsp3) is 0.211. The summed E-state index contributed by atoms with van der Waals surface area (Å²) < 4.78 is 19.9. The van der Waals surface area contributed by atoms with Crippen molar-refractivity contribution in [3.05, 3.63) is 52.5 Å². The molecule has 3 N–H and O–H groups in total. The monoisotopic (exact) mass is 431 g/mol. The van der Waals surface area contributed by atoms with Gasteiger partial charge in [0.05, 0.1) is 24.8 Å². The number of aliphatic hydroxyl groups excluding tert-OH is 1. The lowest BCUT2D eigenvalue weighted by molar-refractivity contribution is 0.0943. The van der Waals surface area contributed by atoms with Gasteiger partial charge in [0.2, 0.25) is 10.1 Å². The molecule has 0 spiro atoms. The van der Waals surface area contributed by atoms with E-state index in [4.69, 9.17) is 9.84 Å². The topological polar surface area (TPSA) is 126 Å². The first-order valence-electron chi connectivity index (χ1n) is 8.78. The fourth-order valence-corrected chi connectivity index (χ4v) is 3.31. The zero-order chi connectivity index (χ0) is 21.7. The summed E-state index contributed by atoms with van der Waals surface area (Å²) in [5.41, 5.74) is 1.13. The highest BCUT2D eigenvalue weighted by Gasteiger charge is 2.21. The van der Waals surface area contributed by atoms with Crippen molar-refractivity contribution in [3.63, 3.8) is 0 Å². The molecule has 0 saturated carbocycles. The smallest absolute Gasteiger partial charge is 0.282 e. The van der Waals surface area contributed by atoms with Crippen LogP contribution in [0.1, 0.15) is 25.9 Å². The van der Waals surface area contributed by atoms with E-state index in [1.54, 1.807) is 19.1 Å². The zero-order valence-electron chi connectivity index (χ0n) is 16.1. The summed E-state index contributed by atoms with van der Waals surface area (Å²) in [4.78, 5) is 28.9. The molecule has 2 aromatic heterocycles. The standard InChI is InChI=1S/C19H18FN5O4S/c1-10-8-11(15-13(20)4-3-5-14(15)29-2)12(9-22-10)16(27)23-19-25-24-18(30-19)17(28)21-6-7-26/h3-5,8-9,26H,6-7H2,1-2H3,(H,21,28)(H,23,25,27). The van der Waals surface area contributed by atoms with E-state index in [-0.39, 0.29) is 40.2 Å². The first-order chi connectivity index (χ1) is 14.4. The van der Waals surface area contributed by atoms with Crippen LogP contribution >= 0.6 is 11.3 Å². The summed E-state index contributed by atoms with van der Waals surface area (Å²) in [5, 5.41) is 21.4. The molecule has 0 atom stereocenters. The molecule has 3 rings (SSSR count). The second-order valence-corrected chi connectivity index (χ2v) is 7.01. The van der Waals surface area contributed by atoms with Crippen LogP contribution in [-0.4, -0.2) is 52.4 Å². The number of carbonyl (C=O) groups excluding carboxylic acids is 2. The quantitative estimate of drug-likeness (QED) is 0.522. The highest BCUT2D eigenvalue weighted by Crippen LogP contribution is 2.35. The first kappa shape index (κ1) is 21.3. The van der Waals surface area contributed by atoms with Crippen molar-refractivity contribution < 1.29 is 23.8 Å². The number of ether oxygens (including phenoxy) is 1. The molecule has 0 aliphatic carbocycles. The van der Waals surface area contributed by atoms with Gasteiger partial charge in [-0.15, -0.1) is 10.2 Å². The Morgan fingerprint density at radius 3 is 2.80 bits per heavy atom. The van der Waals surface area contributed by atoms with Crippen LogP contribution < -0.4 is 15.4 Å². The average Bonchev–Trinajstić information content (AvgIpc) is 3.20. The molecule has 0 fully saturated rings. The number of aryl methyl sites for hydroxylation is 1. The molecule has 3 aromatic rings. The number of nitrogens with zero attached hydrogens (tertiary/aromatic N) is 3. The van der Waals surface area contributed by atoms with Crippen LogP contribution in [0, 0.1) is 12.7 Å². The normalized spacial score (nSPS) is 10.5. The molecule has 0 aliphatic heterocycles. The minimum absolute atomic E-state index is 0.0248. The summed E-state index contributed by atoms with van der Waals surface area (Å²) in [6.07, 6.45) is 1.34. The molecule has 30 heavy (non-hydrogen) atoms. The molecule has 156 valence electrons. The van der Waals surface area contributed by atoms with Crippen LogP contribution in [0.3, 0.4) is 0 Å². The molecular formula is C19H18FN5O4S. The minimum Gasteiger partial charge on any atom is -0.496 e. The van der Waals surface area contributed by atoms with Gasteiger partial charge in [-0.05, 0) is 25.1 Å². The van der Waals surface area contributed by atoms with E-state index in [2.05, 4.69) is 25.8 Å². The number of rotatable bonds is 7. The zero-order valence-corrected chi connectivity index (χ0v) is 16.9. The Balaban J connectivity index is 1.92. The molecule has 2 amide bonds. The Hall–Kier alpha value is -3.44. The van der Waals surface area contributed by atoms with Crippen molar-refractivity contribution in [1.29, 1.82) is 0 Å². The van der Waals surface area contributed by atoms with Crippen molar-refractivity contribution >= 4 is 28.3 Å². The van der Waals surface area contributed by atoms with Gasteiger partial charge in [0.15, 0.2) is 0 Å². The number of benzene rings is 1. The maximum absolute atomic E-state index is 14.6. The predicted molar refractivity (Wildman–Crippen MR) is 108 cm³/mol. The van der Waals surface area contributed by atoms with Gasteiger partial charge in [0.1, 0.15) is 11.6 Å². The van der Waals surface area contributed by atoms with Crippen molar-refractivity contribution in [2.75, 3.05) is 25.6 Å². The van der Waals surface area contributed by atoms with Crippen LogP contribution in [0.5, 0.6) is 5.75 Å². The SMILES string of the molecule is COc1cccc(F)c1-c1cc(C)ncc1C(=O)Nc1nnc(C(=O)NCCO)s1. The molecule has 2 heterocycles. The third kappa shape index (κ3) is 4.58. The van der Waals surface area contributed by atoms with Crippen LogP contribution in [0.15, 0.2) is 30.5 Å². The summed E-state index contributed by atoms with van der Waals surface area (Å²) in [6.45, 7) is 1.58. The highest BCUT2D eigenvalue weighted by atomic mass is 32.1. The number of anilines is 1. The molecule has 0 radical (unpaired) electrons. The summed E-state index contributed by atoms with van der Waals surface area (Å²) in [6, 6.07) is 5.97. The summed E-state index contributed by atoms with van der Waals surface area (Å²) in [5.74, 6) is -1.39. The maximum Gasteiger partial charge on any atom is 0.282 e. The van der Waals surface area contributed by atoms with Gasteiger partial charge in [0, 0.05) is 24.0 Å². The number of hydrogen-bond acceptors (Lipinski definition) is 8. The number of halogens is 1. The molecule has 11 heteroatoms. The van der Waals surface area contributed by atoms with Gasteiger partial charge in [-0.1, -0.05) is 17.4 Å². The van der Waals surface area contributed by atoms with Gasteiger partial charge in [-0.3, -0.25) is 19.9 Å². The van der Waals surface area contributed by atoms with Gasteiger partial charge in [-0.25, -0.2) is 4.39 Å². The Bertz CT molecular complexity index is 1090. The number of carbonyl (C=O) groups is 2. The lowest BCUT2D eigenvalue weighted by Gasteiger charge is -2.14. The van der Waals surface area contributed by atoms with Crippen LogP contribution in [0.25, 0.3) is 11.1 Å². The molecule has 0 saturated heterocycles. The number of aromatic nitrogens is 3. The van der Waals surface area contributed by atoms with Gasteiger partial charge in [-0.2, -0.15) is 0 Å². The third-order valence-electron chi connectivity index (χ3n) is 3.99.